The summed E-state index contributed by atoms with van der Waals surface area (Å²) in [5.41, 5.74) is 1.03. The highest BCUT2D eigenvalue weighted by Gasteiger charge is 2.16. The molecule has 0 aliphatic carbocycles. The predicted octanol–water partition coefficient (Wildman–Crippen LogP) is 3.49. The Morgan fingerprint density at radius 3 is 2.86 bits per heavy atom. The van der Waals surface area contributed by atoms with E-state index in [0.29, 0.717) is 30.0 Å². The van der Waals surface area contributed by atoms with Gasteiger partial charge in [-0.15, -0.1) is 0 Å². The number of nitrogens with one attached hydrogen (secondary N) is 1. The van der Waals surface area contributed by atoms with Crippen LogP contribution < -0.4 is 5.32 Å². The molecular formula is C17H20ClNO3. The number of benzene rings is 1. The SMILES string of the molecule is CC(CC(O)c1ccco1)NC(=O)CCc1cccc(Cl)c1. The molecule has 0 saturated carbocycles. The summed E-state index contributed by atoms with van der Waals surface area (Å²) in [7, 11) is 0. The van der Waals surface area contributed by atoms with Gasteiger partial charge < -0.3 is 14.8 Å². The normalized spacial score (nSPS) is 13.6. The number of halogens is 1. The zero-order chi connectivity index (χ0) is 15.9. The van der Waals surface area contributed by atoms with E-state index in [1.54, 1.807) is 12.1 Å². The van der Waals surface area contributed by atoms with Crippen LogP contribution in [0.2, 0.25) is 5.02 Å². The number of amides is 1. The molecule has 1 aromatic heterocycles. The van der Waals surface area contributed by atoms with E-state index in [4.69, 9.17) is 16.0 Å². The fourth-order valence-electron chi connectivity index (χ4n) is 2.29. The molecule has 4 nitrogen and oxygen atoms in total. The molecule has 2 rings (SSSR count). The first-order valence-electron chi connectivity index (χ1n) is 7.30. The average molecular weight is 322 g/mol. The lowest BCUT2D eigenvalue weighted by Gasteiger charge is -2.16. The Morgan fingerprint density at radius 2 is 2.18 bits per heavy atom. The quantitative estimate of drug-likeness (QED) is 0.820. The van der Waals surface area contributed by atoms with E-state index in [0.717, 1.165) is 5.56 Å². The molecule has 118 valence electrons. The summed E-state index contributed by atoms with van der Waals surface area (Å²) in [5, 5.41) is 13.5. The summed E-state index contributed by atoms with van der Waals surface area (Å²) in [6, 6.07) is 10.8. The van der Waals surface area contributed by atoms with Crippen LogP contribution in [-0.2, 0) is 11.2 Å². The number of furan rings is 1. The molecule has 1 aromatic carbocycles. The fraction of sp³-hybridized carbons (Fsp3) is 0.353. The Labute approximate surface area is 135 Å². The van der Waals surface area contributed by atoms with Gasteiger partial charge in [-0.05, 0) is 43.2 Å². The summed E-state index contributed by atoms with van der Waals surface area (Å²) in [6.45, 7) is 1.86. The highest BCUT2D eigenvalue weighted by atomic mass is 35.5. The lowest BCUT2D eigenvalue weighted by atomic mass is 10.1. The summed E-state index contributed by atoms with van der Waals surface area (Å²) in [4.78, 5) is 11.9. The lowest BCUT2D eigenvalue weighted by Crippen LogP contribution is -2.33. The molecule has 5 heteroatoms. The first-order chi connectivity index (χ1) is 10.5. The molecule has 0 bridgehead atoms. The number of carbonyl (C=O) groups excluding carboxylic acids is 1. The first-order valence-corrected chi connectivity index (χ1v) is 7.67. The molecule has 2 unspecified atom stereocenters. The zero-order valence-corrected chi connectivity index (χ0v) is 13.2. The van der Waals surface area contributed by atoms with Crippen molar-refractivity contribution < 1.29 is 14.3 Å². The van der Waals surface area contributed by atoms with Crippen LogP contribution in [0.5, 0.6) is 0 Å². The molecule has 22 heavy (non-hydrogen) atoms. The monoisotopic (exact) mass is 321 g/mol. The van der Waals surface area contributed by atoms with Crippen LogP contribution in [0.1, 0.15) is 37.2 Å². The van der Waals surface area contributed by atoms with Gasteiger partial charge in [-0.25, -0.2) is 0 Å². The number of carbonyl (C=O) groups is 1. The Bertz CT molecular complexity index is 598. The van der Waals surface area contributed by atoms with Crippen LogP contribution in [-0.4, -0.2) is 17.1 Å². The smallest absolute Gasteiger partial charge is 0.220 e. The Balaban J connectivity index is 1.74. The second-order valence-corrected chi connectivity index (χ2v) is 5.80. The molecule has 0 aliphatic heterocycles. The van der Waals surface area contributed by atoms with Gasteiger partial charge in [0.25, 0.3) is 0 Å². The largest absolute Gasteiger partial charge is 0.467 e. The Hall–Kier alpha value is -1.78. The lowest BCUT2D eigenvalue weighted by molar-refractivity contribution is -0.121. The number of rotatable bonds is 7. The van der Waals surface area contributed by atoms with Gasteiger partial charge in [0.2, 0.25) is 5.91 Å². The third kappa shape index (κ3) is 5.20. The van der Waals surface area contributed by atoms with Gasteiger partial charge in [-0.2, -0.15) is 0 Å². The van der Waals surface area contributed by atoms with Crippen LogP contribution in [0.15, 0.2) is 47.1 Å². The molecule has 1 heterocycles. The molecule has 1 amide bonds. The Kier molecular flexibility index (Phi) is 6.04. The van der Waals surface area contributed by atoms with E-state index < -0.39 is 6.10 Å². The number of hydrogen-bond acceptors (Lipinski definition) is 3. The van der Waals surface area contributed by atoms with E-state index in [1.165, 1.54) is 6.26 Å². The minimum Gasteiger partial charge on any atom is -0.467 e. The maximum Gasteiger partial charge on any atom is 0.220 e. The molecule has 2 atom stereocenters. The van der Waals surface area contributed by atoms with Gasteiger partial charge in [-0.1, -0.05) is 23.7 Å². The minimum atomic E-state index is -0.710. The van der Waals surface area contributed by atoms with Crippen molar-refractivity contribution in [2.75, 3.05) is 0 Å². The highest BCUT2D eigenvalue weighted by Crippen LogP contribution is 2.18. The van der Waals surface area contributed by atoms with E-state index in [1.807, 2.05) is 31.2 Å². The molecular weight excluding hydrogens is 302 g/mol. The molecule has 2 aromatic rings. The molecule has 0 spiro atoms. The van der Waals surface area contributed by atoms with Gasteiger partial charge in [0.05, 0.1) is 6.26 Å². The van der Waals surface area contributed by atoms with Gasteiger partial charge >= 0.3 is 0 Å². The number of aryl methyl sites for hydroxylation is 1. The van der Waals surface area contributed by atoms with Crippen molar-refractivity contribution in [3.63, 3.8) is 0 Å². The van der Waals surface area contributed by atoms with Crippen molar-refractivity contribution in [2.45, 2.75) is 38.3 Å². The standard InChI is InChI=1S/C17H20ClNO3/c1-12(10-15(20)16-6-3-9-22-16)19-17(21)8-7-13-4-2-5-14(18)11-13/h2-6,9,11-12,15,20H,7-8,10H2,1H3,(H,19,21). The molecule has 0 radical (unpaired) electrons. The van der Waals surface area contributed by atoms with Gasteiger partial charge in [0.15, 0.2) is 0 Å². The van der Waals surface area contributed by atoms with Crippen molar-refractivity contribution >= 4 is 17.5 Å². The number of hydrogen-bond donors (Lipinski definition) is 2. The maximum absolute atomic E-state index is 11.9. The van der Waals surface area contributed by atoms with E-state index in [2.05, 4.69) is 5.32 Å². The molecule has 0 saturated heterocycles. The maximum atomic E-state index is 11.9. The average Bonchev–Trinajstić information content (AvgIpc) is 2.99. The summed E-state index contributed by atoms with van der Waals surface area (Å²) >= 11 is 5.91. The summed E-state index contributed by atoms with van der Waals surface area (Å²) in [6.07, 6.45) is 2.25. The summed E-state index contributed by atoms with van der Waals surface area (Å²) in [5.74, 6) is 0.471. The van der Waals surface area contributed by atoms with Gasteiger partial charge in [-0.3, -0.25) is 4.79 Å². The van der Waals surface area contributed by atoms with Crippen LogP contribution in [0.4, 0.5) is 0 Å². The fourth-order valence-corrected chi connectivity index (χ4v) is 2.50. The van der Waals surface area contributed by atoms with Crippen molar-refractivity contribution in [3.05, 3.63) is 59.0 Å². The topological polar surface area (TPSA) is 62.5 Å². The van der Waals surface area contributed by atoms with Crippen molar-refractivity contribution in [1.82, 2.24) is 5.32 Å². The molecule has 2 N–H and O–H groups in total. The van der Waals surface area contributed by atoms with Gasteiger partial charge in [0.1, 0.15) is 11.9 Å². The summed E-state index contributed by atoms with van der Waals surface area (Å²) < 4.78 is 5.14. The van der Waals surface area contributed by atoms with Crippen LogP contribution in [0.3, 0.4) is 0 Å². The van der Waals surface area contributed by atoms with Crippen LogP contribution in [0.25, 0.3) is 0 Å². The van der Waals surface area contributed by atoms with E-state index in [-0.39, 0.29) is 11.9 Å². The Morgan fingerprint density at radius 1 is 1.36 bits per heavy atom. The predicted molar refractivity (Wildman–Crippen MR) is 85.7 cm³/mol. The second kappa shape index (κ2) is 8.01. The van der Waals surface area contributed by atoms with Crippen molar-refractivity contribution in [1.29, 1.82) is 0 Å². The van der Waals surface area contributed by atoms with Crippen LogP contribution in [0, 0.1) is 0 Å². The van der Waals surface area contributed by atoms with E-state index in [9.17, 15) is 9.90 Å². The molecule has 0 aliphatic rings. The number of aliphatic hydroxyl groups is 1. The first kappa shape index (κ1) is 16.6. The number of aliphatic hydroxyl groups excluding tert-OH is 1. The van der Waals surface area contributed by atoms with Crippen LogP contribution >= 0.6 is 11.6 Å². The second-order valence-electron chi connectivity index (χ2n) is 5.37. The van der Waals surface area contributed by atoms with Crippen molar-refractivity contribution in [2.24, 2.45) is 0 Å². The van der Waals surface area contributed by atoms with Gasteiger partial charge in [0, 0.05) is 23.9 Å². The van der Waals surface area contributed by atoms with E-state index >= 15 is 0 Å². The van der Waals surface area contributed by atoms with Crippen molar-refractivity contribution in [3.8, 4) is 0 Å². The zero-order valence-electron chi connectivity index (χ0n) is 12.5. The third-order valence-electron chi connectivity index (χ3n) is 3.39. The highest BCUT2D eigenvalue weighted by molar-refractivity contribution is 6.30. The third-order valence-corrected chi connectivity index (χ3v) is 3.62. The molecule has 0 fully saturated rings. The minimum absolute atomic E-state index is 0.0425.